The van der Waals surface area contributed by atoms with Crippen molar-refractivity contribution in [2.45, 2.75) is 11.6 Å². The van der Waals surface area contributed by atoms with E-state index in [1.54, 1.807) is 12.1 Å². The van der Waals surface area contributed by atoms with Gasteiger partial charge in [-0.1, -0.05) is 42.1 Å². The largest absolute Gasteiger partial charge is 0.368 e. The van der Waals surface area contributed by atoms with Gasteiger partial charge in [-0.15, -0.1) is 10.2 Å². The van der Waals surface area contributed by atoms with Crippen LogP contribution in [0.4, 0.5) is 10.1 Å². The topological polar surface area (TPSA) is 54.3 Å². The van der Waals surface area contributed by atoms with Gasteiger partial charge in [0.1, 0.15) is 11.6 Å². The molecule has 1 saturated heterocycles. The molecule has 4 rings (SSSR count). The van der Waals surface area contributed by atoms with Crippen LogP contribution in [0.3, 0.4) is 0 Å². The minimum atomic E-state index is -0.236. The third-order valence-corrected chi connectivity index (χ3v) is 6.28. The van der Waals surface area contributed by atoms with Gasteiger partial charge in [-0.05, 0) is 29.8 Å². The maximum Gasteiger partial charge on any atom is 0.233 e. The lowest BCUT2D eigenvalue weighted by Crippen LogP contribution is -2.49. The monoisotopic (exact) mass is 425 g/mol. The van der Waals surface area contributed by atoms with E-state index < -0.39 is 0 Å². The predicted molar refractivity (Wildman–Crippen MR) is 116 cm³/mol. The molecule has 3 aromatic rings. The van der Waals surface area contributed by atoms with E-state index in [2.05, 4.69) is 27.2 Å². The van der Waals surface area contributed by atoms with Crippen LogP contribution in [-0.4, -0.2) is 57.5 Å². The third kappa shape index (κ3) is 4.81. The quantitative estimate of drug-likeness (QED) is 0.569. The standard InChI is InChI=1S/C22H24FN5OS/c1-26-20(15-17-5-3-2-4-6-17)24-25-22(26)30-16-21(29)28-13-11-27(12-14-28)19-9-7-18(23)8-10-19/h2-10H,11-16H2,1H3. The number of rotatable bonds is 6. The highest BCUT2D eigenvalue weighted by Gasteiger charge is 2.22. The molecule has 30 heavy (non-hydrogen) atoms. The minimum absolute atomic E-state index is 0.103. The Morgan fingerprint density at radius 1 is 1.00 bits per heavy atom. The van der Waals surface area contributed by atoms with Crippen LogP contribution < -0.4 is 4.90 Å². The molecular formula is C22H24FN5OS. The highest BCUT2D eigenvalue weighted by Crippen LogP contribution is 2.20. The Hall–Kier alpha value is -2.87. The summed E-state index contributed by atoms with van der Waals surface area (Å²) in [4.78, 5) is 16.7. The van der Waals surface area contributed by atoms with E-state index in [0.29, 0.717) is 25.3 Å². The molecule has 1 amide bonds. The number of carbonyl (C=O) groups is 1. The number of hydrogen-bond donors (Lipinski definition) is 0. The molecule has 0 aliphatic carbocycles. The van der Waals surface area contributed by atoms with Gasteiger partial charge in [-0.2, -0.15) is 0 Å². The molecule has 0 spiro atoms. The number of amides is 1. The smallest absolute Gasteiger partial charge is 0.233 e. The van der Waals surface area contributed by atoms with Gasteiger partial charge in [0.25, 0.3) is 0 Å². The maximum absolute atomic E-state index is 13.1. The molecule has 8 heteroatoms. The summed E-state index contributed by atoms with van der Waals surface area (Å²) in [5.74, 6) is 1.09. The maximum atomic E-state index is 13.1. The van der Waals surface area contributed by atoms with E-state index in [-0.39, 0.29) is 11.7 Å². The van der Waals surface area contributed by atoms with Gasteiger partial charge < -0.3 is 14.4 Å². The first kappa shape index (κ1) is 20.4. The number of carbonyl (C=O) groups excluding carboxylic acids is 1. The molecule has 1 aliphatic heterocycles. The van der Waals surface area contributed by atoms with E-state index >= 15 is 0 Å². The summed E-state index contributed by atoms with van der Waals surface area (Å²) in [6.07, 6.45) is 0.712. The molecule has 0 saturated carbocycles. The minimum Gasteiger partial charge on any atom is -0.368 e. The van der Waals surface area contributed by atoms with Gasteiger partial charge in [-0.3, -0.25) is 4.79 Å². The molecule has 0 bridgehead atoms. The van der Waals surface area contributed by atoms with Crippen molar-refractivity contribution in [2.75, 3.05) is 36.8 Å². The zero-order valence-electron chi connectivity index (χ0n) is 16.9. The van der Waals surface area contributed by atoms with E-state index in [1.165, 1.54) is 29.5 Å². The SMILES string of the molecule is Cn1c(Cc2ccccc2)nnc1SCC(=O)N1CCN(c2ccc(F)cc2)CC1. The summed E-state index contributed by atoms with van der Waals surface area (Å²) >= 11 is 1.42. The number of piperazine rings is 1. The molecule has 1 fully saturated rings. The van der Waals surface area contributed by atoms with Crippen LogP contribution in [0.5, 0.6) is 0 Å². The van der Waals surface area contributed by atoms with Crippen molar-refractivity contribution in [2.24, 2.45) is 7.05 Å². The van der Waals surface area contributed by atoms with Gasteiger partial charge >= 0.3 is 0 Å². The molecular weight excluding hydrogens is 401 g/mol. The Morgan fingerprint density at radius 2 is 1.70 bits per heavy atom. The van der Waals surface area contributed by atoms with Crippen LogP contribution in [-0.2, 0) is 18.3 Å². The molecule has 2 aromatic carbocycles. The average Bonchev–Trinajstić information content (AvgIpc) is 3.12. The van der Waals surface area contributed by atoms with Crippen molar-refractivity contribution in [1.82, 2.24) is 19.7 Å². The van der Waals surface area contributed by atoms with Gasteiger partial charge in [-0.25, -0.2) is 4.39 Å². The van der Waals surface area contributed by atoms with Crippen LogP contribution in [0.25, 0.3) is 0 Å². The Bertz CT molecular complexity index is 985. The number of halogens is 1. The van der Waals surface area contributed by atoms with E-state index in [1.807, 2.05) is 34.7 Å². The second kappa shape index (κ2) is 9.30. The normalized spacial score (nSPS) is 14.2. The van der Waals surface area contributed by atoms with Crippen molar-refractivity contribution in [1.29, 1.82) is 0 Å². The van der Waals surface area contributed by atoms with E-state index in [9.17, 15) is 9.18 Å². The second-order valence-electron chi connectivity index (χ2n) is 7.25. The highest BCUT2D eigenvalue weighted by molar-refractivity contribution is 7.99. The molecule has 0 unspecified atom stereocenters. The van der Waals surface area contributed by atoms with Crippen molar-refractivity contribution >= 4 is 23.4 Å². The van der Waals surface area contributed by atoms with Crippen molar-refractivity contribution < 1.29 is 9.18 Å². The van der Waals surface area contributed by atoms with Crippen molar-refractivity contribution in [3.05, 3.63) is 71.8 Å². The van der Waals surface area contributed by atoms with Crippen LogP contribution in [0.1, 0.15) is 11.4 Å². The first-order valence-electron chi connectivity index (χ1n) is 9.93. The van der Waals surface area contributed by atoms with Crippen LogP contribution >= 0.6 is 11.8 Å². The molecule has 6 nitrogen and oxygen atoms in total. The first-order valence-corrected chi connectivity index (χ1v) is 10.9. The fraction of sp³-hybridized carbons (Fsp3) is 0.318. The molecule has 2 heterocycles. The van der Waals surface area contributed by atoms with Crippen LogP contribution in [0.2, 0.25) is 0 Å². The lowest BCUT2D eigenvalue weighted by atomic mass is 10.1. The lowest BCUT2D eigenvalue weighted by Gasteiger charge is -2.36. The number of aromatic nitrogens is 3. The fourth-order valence-electron chi connectivity index (χ4n) is 3.49. The molecule has 1 aliphatic rings. The van der Waals surface area contributed by atoms with Crippen LogP contribution in [0.15, 0.2) is 59.8 Å². The van der Waals surface area contributed by atoms with Crippen LogP contribution in [0, 0.1) is 5.82 Å². The number of thioether (sulfide) groups is 1. The predicted octanol–water partition coefficient (Wildman–Crippen LogP) is 2.99. The Kier molecular flexibility index (Phi) is 6.32. The van der Waals surface area contributed by atoms with Gasteiger partial charge in [0.05, 0.1) is 5.75 Å². The van der Waals surface area contributed by atoms with Gasteiger partial charge in [0.2, 0.25) is 5.91 Å². The van der Waals surface area contributed by atoms with Gasteiger partial charge in [0.15, 0.2) is 5.16 Å². The number of hydrogen-bond acceptors (Lipinski definition) is 5. The van der Waals surface area contributed by atoms with E-state index in [0.717, 1.165) is 29.8 Å². The average molecular weight is 426 g/mol. The number of anilines is 1. The summed E-state index contributed by atoms with van der Waals surface area (Å²) in [7, 11) is 1.94. The molecule has 0 radical (unpaired) electrons. The summed E-state index contributed by atoms with van der Waals surface area (Å²) in [6, 6.07) is 16.6. The molecule has 0 N–H and O–H groups in total. The van der Waals surface area contributed by atoms with Crippen molar-refractivity contribution in [3.63, 3.8) is 0 Å². The van der Waals surface area contributed by atoms with Crippen molar-refractivity contribution in [3.8, 4) is 0 Å². The molecule has 1 aromatic heterocycles. The second-order valence-corrected chi connectivity index (χ2v) is 8.20. The van der Waals surface area contributed by atoms with Gasteiger partial charge in [0, 0.05) is 45.3 Å². The first-order chi connectivity index (χ1) is 14.6. The Labute approximate surface area is 179 Å². The lowest BCUT2D eigenvalue weighted by molar-refractivity contribution is -0.128. The third-order valence-electron chi connectivity index (χ3n) is 5.28. The summed E-state index contributed by atoms with van der Waals surface area (Å²) < 4.78 is 15.1. The number of benzene rings is 2. The Morgan fingerprint density at radius 3 is 2.40 bits per heavy atom. The summed E-state index contributed by atoms with van der Waals surface area (Å²) in [5.41, 5.74) is 2.17. The molecule has 0 atom stereocenters. The zero-order chi connectivity index (χ0) is 20.9. The zero-order valence-corrected chi connectivity index (χ0v) is 17.7. The van der Waals surface area contributed by atoms with E-state index in [4.69, 9.17) is 0 Å². The number of nitrogens with zero attached hydrogens (tertiary/aromatic N) is 5. The summed E-state index contributed by atoms with van der Waals surface area (Å²) in [6.45, 7) is 2.81. The summed E-state index contributed by atoms with van der Waals surface area (Å²) in [5, 5.41) is 9.29. The highest BCUT2D eigenvalue weighted by atomic mass is 32.2. The fourth-order valence-corrected chi connectivity index (χ4v) is 4.32. The molecule has 156 valence electrons. The Balaban J connectivity index is 1.28.